The minimum atomic E-state index is -0.562. The summed E-state index contributed by atoms with van der Waals surface area (Å²) < 4.78 is 7.94. The highest BCUT2D eigenvalue weighted by Crippen LogP contribution is 2.45. The molecule has 0 aromatic heterocycles. The Morgan fingerprint density at radius 3 is 1.62 bits per heavy atom. The maximum Gasteiger partial charge on any atom is 0.310 e. The van der Waals surface area contributed by atoms with Crippen molar-refractivity contribution in [3.8, 4) is 0 Å². The first-order valence-electron chi connectivity index (χ1n) is 7.84. The molecule has 134 valence electrons. The van der Waals surface area contributed by atoms with E-state index >= 15 is 0 Å². The third-order valence-corrected chi connectivity index (χ3v) is 3.39. The molecule has 6 heteroatoms. The van der Waals surface area contributed by atoms with Crippen LogP contribution in [0.25, 0.3) is 0 Å². The lowest BCUT2D eigenvalue weighted by Crippen LogP contribution is -2.03. The molecular formula is C18H26O6. The zero-order valence-electron chi connectivity index (χ0n) is 14.8. The Bertz CT molecular complexity index is 480. The molecule has 0 amide bonds. The molecule has 6 nitrogen and oxygen atoms in total. The molecule has 2 rings (SSSR count). The summed E-state index contributed by atoms with van der Waals surface area (Å²) in [6.45, 7) is 8.50. The van der Waals surface area contributed by atoms with Crippen molar-refractivity contribution in [3.63, 3.8) is 0 Å². The first kappa shape index (κ1) is 21.8. The zero-order chi connectivity index (χ0) is 18.7. The van der Waals surface area contributed by atoms with Gasteiger partial charge in [-0.05, 0) is 38.0 Å². The van der Waals surface area contributed by atoms with E-state index in [4.69, 9.17) is 0 Å². The molecule has 2 aliphatic rings. The fraction of sp³-hybridized carbons (Fsp3) is 0.556. The molecule has 0 heterocycles. The van der Waals surface area contributed by atoms with Gasteiger partial charge in [-0.3, -0.25) is 19.2 Å². The van der Waals surface area contributed by atoms with Crippen LogP contribution in [0.4, 0.5) is 0 Å². The Morgan fingerprint density at radius 1 is 0.958 bits per heavy atom. The molecule has 0 N–H and O–H groups in total. The lowest BCUT2D eigenvalue weighted by atomic mass is 9.97. The molecule has 2 bridgehead atoms. The van der Waals surface area contributed by atoms with Gasteiger partial charge < -0.3 is 9.47 Å². The van der Waals surface area contributed by atoms with E-state index in [1.54, 1.807) is 11.1 Å². The van der Waals surface area contributed by atoms with Crippen molar-refractivity contribution < 1.29 is 28.7 Å². The van der Waals surface area contributed by atoms with E-state index in [2.05, 4.69) is 16.1 Å². The van der Waals surface area contributed by atoms with Gasteiger partial charge in [-0.2, -0.15) is 0 Å². The number of hydrogen-bond donors (Lipinski definition) is 0. The Kier molecular flexibility index (Phi) is 10.3. The minimum absolute atomic E-state index is 0.562. The predicted molar refractivity (Wildman–Crippen MR) is 88.7 cm³/mol. The minimum Gasteiger partial charge on any atom is -0.394 e. The van der Waals surface area contributed by atoms with Crippen LogP contribution in [0, 0.1) is 5.92 Å². The summed E-state index contributed by atoms with van der Waals surface area (Å²) in [6.07, 6.45) is 8.88. The largest absolute Gasteiger partial charge is 0.394 e. The molecule has 0 aromatic rings. The van der Waals surface area contributed by atoms with Crippen molar-refractivity contribution in [2.75, 3.05) is 0 Å². The van der Waals surface area contributed by atoms with E-state index in [1.807, 2.05) is 6.08 Å². The van der Waals surface area contributed by atoms with Crippen molar-refractivity contribution >= 4 is 23.9 Å². The van der Waals surface area contributed by atoms with Gasteiger partial charge in [0.15, 0.2) is 0 Å². The number of rotatable bonds is 2. The van der Waals surface area contributed by atoms with Crippen molar-refractivity contribution in [1.82, 2.24) is 0 Å². The van der Waals surface area contributed by atoms with E-state index in [9.17, 15) is 19.2 Å². The van der Waals surface area contributed by atoms with Gasteiger partial charge in [-0.15, -0.1) is 6.58 Å². The van der Waals surface area contributed by atoms with E-state index in [0.29, 0.717) is 0 Å². The van der Waals surface area contributed by atoms with Gasteiger partial charge in [0.1, 0.15) is 0 Å². The average Bonchev–Trinajstić information content (AvgIpc) is 2.99. The van der Waals surface area contributed by atoms with Crippen molar-refractivity contribution in [2.24, 2.45) is 5.92 Å². The van der Waals surface area contributed by atoms with Gasteiger partial charge in [0, 0.05) is 27.7 Å². The smallest absolute Gasteiger partial charge is 0.310 e. The molecule has 0 saturated heterocycles. The SMILES string of the molecule is C=CCC1=C2CCC(C1)C2.CC(=O)OC(C)=O.CC(=O)OC(C)=O. The number of allylic oxidation sites excluding steroid dienone is 3. The Labute approximate surface area is 142 Å². The highest BCUT2D eigenvalue weighted by molar-refractivity contribution is 5.82. The fourth-order valence-corrected chi connectivity index (χ4v) is 2.73. The van der Waals surface area contributed by atoms with Crippen molar-refractivity contribution in [3.05, 3.63) is 23.8 Å². The van der Waals surface area contributed by atoms with Gasteiger partial charge in [0.05, 0.1) is 0 Å². The molecular weight excluding hydrogens is 312 g/mol. The quantitative estimate of drug-likeness (QED) is 0.436. The van der Waals surface area contributed by atoms with Crippen LogP contribution in [0.1, 0.15) is 59.8 Å². The second-order valence-electron chi connectivity index (χ2n) is 5.68. The van der Waals surface area contributed by atoms with E-state index in [0.717, 1.165) is 12.3 Å². The second-order valence-corrected chi connectivity index (χ2v) is 5.68. The topological polar surface area (TPSA) is 86.7 Å². The van der Waals surface area contributed by atoms with Gasteiger partial charge in [0.25, 0.3) is 0 Å². The maximum atomic E-state index is 9.81. The van der Waals surface area contributed by atoms with Gasteiger partial charge in [-0.1, -0.05) is 17.2 Å². The molecule has 0 aliphatic heterocycles. The third kappa shape index (κ3) is 10.5. The van der Waals surface area contributed by atoms with Gasteiger partial charge >= 0.3 is 23.9 Å². The van der Waals surface area contributed by atoms with Crippen LogP contribution in [-0.2, 0) is 28.7 Å². The van der Waals surface area contributed by atoms with Crippen LogP contribution in [-0.4, -0.2) is 23.9 Å². The maximum absolute atomic E-state index is 9.81. The summed E-state index contributed by atoms with van der Waals surface area (Å²) in [4.78, 5) is 39.2. The highest BCUT2D eigenvalue weighted by atomic mass is 16.6. The average molecular weight is 338 g/mol. The normalized spacial score (nSPS) is 16.9. The lowest BCUT2D eigenvalue weighted by molar-refractivity contribution is -0.158. The Hall–Kier alpha value is -2.24. The number of carbonyl (C=O) groups is 4. The number of ether oxygens (including phenoxy) is 2. The summed E-state index contributed by atoms with van der Waals surface area (Å²) in [6, 6.07) is 0. The molecule has 0 aromatic carbocycles. The molecule has 1 atom stereocenters. The lowest BCUT2D eigenvalue weighted by Gasteiger charge is -2.08. The molecule has 0 radical (unpaired) electrons. The van der Waals surface area contributed by atoms with Crippen LogP contribution in [0.5, 0.6) is 0 Å². The highest BCUT2D eigenvalue weighted by Gasteiger charge is 2.28. The summed E-state index contributed by atoms with van der Waals surface area (Å²) >= 11 is 0. The molecule has 1 fully saturated rings. The fourth-order valence-electron chi connectivity index (χ4n) is 2.73. The van der Waals surface area contributed by atoms with Crippen LogP contribution in [0.2, 0.25) is 0 Å². The van der Waals surface area contributed by atoms with E-state index < -0.39 is 23.9 Å². The zero-order valence-corrected chi connectivity index (χ0v) is 14.8. The molecule has 2 aliphatic carbocycles. The molecule has 1 saturated carbocycles. The van der Waals surface area contributed by atoms with Gasteiger partial charge in [-0.25, -0.2) is 0 Å². The summed E-state index contributed by atoms with van der Waals surface area (Å²) in [5.41, 5.74) is 3.48. The Morgan fingerprint density at radius 2 is 1.42 bits per heavy atom. The van der Waals surface area contributed by atoms with Gasteiger partial charge in [0.2, 0.25) is 0 Å². The summed E-state index contributed by atoms with van der Waals surface area (Å²) in [5.74, 6) is -1.22. The van der Waals surface area contributed by atoms with Crippen LogP contribution in [0.3, 0.4) is 0 Å². The Balaban J connectivity index is 0.000000343. The van der Waals surface area contributed by atoms with Crippen LogP contribution >= 0.6 is 0 Å². The third-order valence-electron chi connectivity index (χ3n) is 3.39. The summed E-state index contributed by atoms with van der Waals surface area (Å²) in [7, 11) is 0. The second kappa shape index (κ2) is 11.3. The van der Waals surface area contributed by atoms with E-state index in [-0.39, 0.29) is 0 Å². The molecule has 24 heavy (non-hydrogen) atoms. The van der Waals surface area contributed by atoms with Crippen molar-refractivity contribution in [2.45, 2.75) is 59.8 Å². The monoisotopic (exact) mass is 338 g/mol. The number of hydrogen-bond acceptors (Lipinski definition) is 6. The standard InChI is InChI=1S/C10H14.2C4H6O3/c1-2-3-9-6-8-4-5-10(9)7-8;2*1-3(5)7-4(2)6/h2,8H,1,3-7H2;2*1-2H3. The van der Waals surface area contributed by atoms with E-state index in [1.165, 1.54) is 53.4 Å². The summed E-state index contributed by atoms with van der Waals surface area (Å²) in [5, 5.41) is 0. The van der Waals surface area contributed by atoms with Crippen LogP contribution < -0.4 is 0 Å². The first-order valence-corrected chi connectivity index (χ1v) is 7.84. The first-order chi connectivity index (χ1) is 11.1. The number of carbonyl (C=O) groups excluding carboxylic acids is 4. The molecule has 0 spiro atoms. The van der Waals surface area contributed by atoms with Crippen molar-refractivity contribution in [1.29, 1.82) is 0 Å². The number of esters is 4. The molecule has 1 unspecified atom stereocenters. The number of fused-ring (bicyclic) bond motifs is 2. The van der Waals surface area contributed by atoms with Crippen LogP contribution in [0.15, 0.2) is 23.8 Å². The predicted octanol–water partition coefficient (Wildman–Crippen LogP) is 3.25.